The average molecular weight is 350 g/mol. The molecule has 7 N–H and O–H groups in total. The molecule has 0 aromatic carbocycles. The second kappa shape index (κ2) is 10.8. The van der Waals surface area contributed by atoms with Gasteiger partial charge in [-0.25, -0.2) is 4.79 Å². The Morgan fingerprint density at radius 2 is 1.63 bits per heavy atom. The molecule has 0 spiro atoms. The summed E-state index contributed by atoms with van der Waals surface area (Å²) in [5, 5.41) is 35.7. The number of carbonyl (C=O) groups is 1. The van der Waals surface area contributed by atoms with E-state index < -0.39 is 47.3 Å². The van der Waals surface area contributed by atoms with Crippen LogP contribution in [-0.4, -0.2) is 70.3 Å². The fourth-order valence-electron chi connectivity index (χ4n) is 0.847. The Morgan fingerprint density at radius 3 is 1.95 bits per heavy atom. The first-order valence-electron chi connectivity index (χ1n) is 4.21. The Bertz CT molecular complexity index is 366. The van der Waals surface area contributed by atoms with Gasteiger partial charge in [0, 0.05) is 0 Å². The molecule has 0 radical (unpaired) electrons. The molecule has 0 amide bonds. The Kier molecular flexibility index (Phi) is 14.2. The van der Waals surface area contributed by atoms with E-state index in [-0.39, 0.29) is 63.8 Å². The summed E-state index contributed by atoms with van der Waals surface area (Å²) in [7, 11) is -5.09. The van der Waals surface area contributed by atoms with Gasteiger partial charge in [0.1, 0.15) is 24.4 Å². The molecule has 110 valence electrons. The summed E-state index contributed by atoms with van der Waals surface area (Å²) >= 11 is 0. The molecule has 0 heterocycles. The van der Waals surface area contributed by atoms with Crippen molar-refractivity contribution in [1.29, 1.82) is 0 Å². The van der Waals surface area contributed by atoms with Gasteiger partial charge in [-0.2, -0.15) is 8.42 Å². The van der Waals surface area contributed by atoms with Crippen LogP contribution in [0.5, 0.6) is 0 Å². The van der Waals surface area contributed by atoms with Gasteiger partial charge in [0.2, 0.25) is 0 Å². The first-order valence-corrected chi connectivity index (χ1v) is 5.58. The molecule has 0 aliphatic carbocycles. The maximum absolute atomic E-state index is 10.9. The molecule has 0 aromatic rings. The van der Waals surface area contributed by atoms with Crippen molar-refractivity contribution < 1.29 is 106 Å². The van der Waals surface area contributed by atoms with E-state index in [4.69, 9.17) is 25.6 Å². The van der Waals surface area contributed by atoms with E-state index in [1.54, 1.807) is 0 Å². The van der Waals surface area contributed by atoms with E-state index in [9.17, 15) is 18.3 Å². The van der Waals surface area contributed by atoms with Crippen LogP contribution in [0, 0.1) is 0 Å². The number of hydrogen-bond acceptors (Lipinski definition) is 9. The maximum atomic E-state index is 10.9. The Balaban J connectivity index is -0.00000128. The van der Waals surface area contributed by atoms with Crippen molar-refractivity contribution in [1.82, 2.24) is 0 Å². The van der Waals surface area contributed by atoms with Crippen LogP contribution in [-0.2, 0) is 19.4 Å². The zero-order chi connectivity index (χ0) is 13.8. The molecule has 0 saturated carbocycles. The van der Waals surface area contributed by atoms with Gasteiger partial charge in [0.25, 0.3) is 0 Å². The predicted octanol–water partition coefficient (Wildman–Crippen LogP) is -10.3. The van der Waals surface area contributed by atoms with Gasteiger partial charge in [-0.3, -0.25) is 4.55 Å². The molecule has 10 nitrogen and oxygen atoms in total. The molecular weight excluding hydrogens is 337 g/mol. The Labute approximate surface area is 157 Å². The van der Waals surface area contributed by atoms with Crippen LogP contribution in [0.4, 0.5) is 0 Å². The summed E-state index contributed by atoms with van der Waals surface area (Å²) in [6.45, 7) is -0.918. The van der Waals surface area contributed by atoms with E-state index >= 15 is 0 Å². The molecule has 0 saturated heterocycles. The molecule has 0 aliphatic rings. The zero-order valence-electron chi connectivity index (χ0n) is 9.75. The minimum Gasteiger partial charge on any atom is -1.00 e. The Morgan fingerprint density at radius 1 is 1.21 bits per heavy atom. The first kappa shape index (κ1) is 25.1. The summed E-state index contributed by atoms with van der Waals surface area (Å²) in [6, 6.07) is -2.03. The van der Waals surface area contributed by atoms with E-state index in [1.165, 1.54) is 0 Å². The van der Waals surface area contributed by atoms with E-state index in [1.807, 2.05) is 0 Å². The van der Waals surface area contributed by atoms with Gasteiger partial charge in [-0.1, -0.05) is 0 Å². The molecule has 0 fully saturated rings. The molecular formula is C6H13ClKNO9S. The average Bonchev–Trinajstić information content (AvgIpc) is 2.22. The van der Waals surface area contributed by atoms with Gasteiger partial charge >= 0.3 is 67.8 Å². The monoisotopic (exact) mass is 349 g/mol. The third kappa shape index (κ3) is 9.62. The molecule has 0 bridgehead atoms. The first-order chi connectivity index (χ1) is 7.60. The number of aliphatic hydroxyl groups is 4. The van der Waals surface area contributed by atoms with Crippen molar-refractivity contribution in [2.45, 2.75) is 24.4 Å². The SMILES string of the molecule is N[C@H](C(=O)OS(=O)(=O)O)[C@@H](O)[C@H](O)[C@H](O)CO.[Cl-].[K+]. The molecule has 0 aliphatic heterocycles. The second-order valence-corrected chi connectivity index (χ2v) is 4.11. The molecule has 0 unspecified atom stereocenters. The third-order valence-corrected chi connectivity index (χ3v) is 2.13. The molecule has 0 aromatic heterocycles. The van der Waals surface area contributed by atoms with Gasteiger partial charge in [0.05, 0.1) is 6.61 Å². The number of hydrogen-bond donors (Lipinski definition) is 6. The number of aliphatic hydroxyl groups excluding tert-OH is 4. The van der Waals surface area contributed by atoms with Gasteiger partial charge < -0.3 is 42.7 Å². The summed E-state index contributed by atoms with van der Waals surface area (Å²) in [6.07, 6.45) is -5.87. The fraction of sp³-hybridized carbons (Fsp3) is 0.833. The van der Waals surface area contributed by atoms with Gasteiger partial charge in [0.15, 0.2) is 0 Å². The van der Waals surface area contributed by atoms with Crippen molar-refractivity contribution in [3.05, 3.63) is 0 Å². The van der Waals surface area contributed by atoms with E-state index in [0.29, 0.717) is 0 Å². The normalized spacial score (nSPS) is 17.2. The van der Waals surface area contributed by atoms with Crippen molar-refractivity contribution in [3.63, 3.8) is 0 Å². The molecule has 0 rings (SSSR count). The summed E-state index contributed by atoms with van der Waals surface area (Å²) in [4.78, 5) is 10.9. The third-order valence-electron chi connectivity index (χ3n) is 1.76. The van der Waals surface area contributed by atoms with E-state index in [2.05, 4.69) is 4.18 Å². The van der Waals surface area contributed by atoms with Crippen LogP contribution < -0.4 is 69.5 Å². The van der Waals surface area contributed by atoms with Crippen LogP contribution in [0.15, 0.2) is 0 Å². The van der Waals surface area contributed by atoms with Crippen LogP contribution in [0.3, 0.4) is 0 Å². The quantitative estimate of drug-likeness (QED) is 0.198. The van der Waals surface area contributed by atoms with Crippen LogP contribution in [0.2, 0.25) is 0 Å². The number of rotatable bonds is 6. The smallest absolute Gasteiger partial charge is 1.00 e. The van der Waals surface area contributed by atoms with Crippen LogP contribution in [0.1, 0.15) is 0 Å². The number of carbonyl (C=O) groups excluding carboxylic acids is 1. The molecule has 4 atom stereocenters. The molecule has 13 heteroatoms. The fourth-order valence-corrected chi connectivity index (χ4v) is 1.17. The molecule has 19 heavy (non-hydrogen) atoms. The van der Waals surface area contributed by atoms with Crippen LogP contribution >= 0.6 is 0 Å². The van der Waals surface area contributed by atoms with Crippen molar-refractivity contribution in [3.8, 4) is 0 Å². The minimum atomic E-state index is -5.09. The maximum Gasteiger partial charge on any atom is 1.00 e. The largest absolute Gasteiger partial charge is 1.00 e. The van der Waals surface area contributed by atoms with Crippen molar-refractivity contribution >= 4 is 16.4 Å². The topological polar surface area (TPSA) is 188 Å². The summed E-state index contributed by atoms with van der Waals surface area (Å²) in [5.41, 5.74) is 5.01. The Hall–Kier alpha value is 1.11. The number of halogens is 1. The summed E-state index contributed by atoms with van der Waals surface area (Å²) < 4.78 is 31.9. The van der Waals surface area contributed by atoms with Crippen molar-refractivity contribution in [2.24, 2.45) is 5.73 Å². The van der Waals surface area contributed by atoms with Crippen molar-refractivity contribution in [2.75, 3.05) is 6.61 Å². The predicted molar refractivity (Wildman–Crippen MR) is 50.7 cm³/mol. The minimum absolute atomic E-state index is 0. The zero-order valence-corrected chi connectivity index (χ0v) is 14.4. The van der Waals surface area contributed by atoms with Gasteiger partial charge in [-0.15, -0.1) is 0 Å². The summed E-state index contributed by atoms with van der Waals surface area (Å²) in [5.74, 6) is -1.73. The van der Waals surface area contributed by atoms with Gasteiger partial charge in [-0.05, 0) is 0 Å². The standard InChI is InChI=1S/C6H13NO9S.ClH.K/c7-3(6(12)16-17(13,14)15)5(11)4(10)2(9)1-8;;/h2-5,8-11H,1,7H2,(H,13,14,15);1H;/q;;+1/p-1/t2-,3+,4-,5-;;/m1../s1. The van der Waals surface area contributed by atoms with Crippen LogP contribution in [0.25, 0.3) is 0 Å². The number of nitrogens with two attached hydrogens (primary N) is 1. The second-order valence-electron chi connectivity index (χ2n) is 3.09. The van der Waals surface area contributed by atoms with E-state index in [0.717, 1.165) is 0 Å².